The molecule has 0 fully saturated rings. The van der Waals surface area contributed by atoms with E-state index >= 15 is 0 Å². The molecule has 1 aromatic heterocycles. The average molecular weight is 370 g/mol. The van der Waals surface area contributed by atoms with E-state index < -0.39 is 10.8 Å². The lowest BCUT2D eigenvalue weighted by molar-refractivity contribution is -0.384. The Hall–Kier alpha value is -3.68. The fourth-order valence-electron chi connectivity index (χ4n) is 2.35. The van der Waals surface area contributed by atoms with Crippen LogP contribution in [0.5, 0.6) is 5.75 Å². The summed E-state index contributed by atoms with van der Waals surface area (Å²) in [6, 6.07) is 13.0. The minimum atomic E-state index is -0.616. The minimum absolute atomic E-state index is 0.0115. The molecule has 1 amide bonds. The van der Waals surface area contributed by atoms with Crippen molar-refractivity contribution < 1.29 is 23.3 Å². The van der Waals surface area contributed by atoms with Crippen LogP contribution in [-0.4, -0.2) is 10.8 Å². The maximum Gasteiger partial charge on any atom is 0.293 e. The zero-order chi connectivity index (χ0) is 19.4. The van der Waals surface area contributed by atoms with Crippen molar-refractivity contribution in [3.05, 3.63) is 87.6 Å². The van der Waals surface area contributed by atoms with Gasteiger partial charge in [-0.1, -0.05) is 6.07 Å². The monoisotopic (exact) mass is 370 g/mol. The molecular weight excluding hydrogens is 355 g/mol. The molecule has 3 aromatic rings. The number of furan rings is 1. The number of rotatable bonds is 6. The Labute approximate surface area is 153 Å². The van der Waals surface area contributed by atoms with Gasteiger partial charge in [0.2, 0.25) is 0 Å². The van der Waals surface area contributed by atoms with Crippen molar-refractivity contribution in [2.45, 2.75) is 13.5 Å². The molecule has 3 rings (SSSR count). The molecular formula is C19H15FN2O5. The van der Waals surface area contributed by atoms with Gasteiger partial charge in [0.1, 0.15) is 29.6 Å². The molecule has 0 aliphatic heterocycles. The van der Waals surface area contributed by atoms with Gasteiger partial charge in [0.05, 0.1) is 4.92 Å². The normalized spacial score (nSPS) is 10.4. The Morgan fingerprint density at radius 2 is 1.93 bits per heavy atom. The van der Waals surface area contributed by atoms with Crippen LogP contribution in [0.1, 0.15) is 21.9 Å². The highest BCUT2D eigenvalue weighted by atomic mass is 19.1. The third-order valence-corrected chi connectivity index (χ3v) is 3.68. The first-order valence-corrected chi connectivity index (χ1v) is 7.96. The van der Waals surface area contributed by atoms with Crippen LogP contribution in [0.2, 0.25) is 0 Å². The summed E-state index contributed by atoms with van der Waals surface area (Å²) in [4.78, 5) is 22.9. The maximum absolute atomic E-state index is 12.9. The van der Waals surface area contributed by atoms with E-state index in [9.17, 15) is 19.3 Å². The van der Waals surface area contributed by atoms with Gasteiger partial charge in [0.15, 0.2) is 5.76 Å². The second-order valence-electron chi connectivity index (χ2n) is 5.74. The zero-order valence-electron chi connectivity index (χ0n) is 14.3. The number of nitrogens with one attached hydrogen (secondary N) is 1. The highest BCUT2D eigenvalue weighted by molar-refractivity contribution is 6.03. The summed E-state index contributed by atoms with van der Waals surface area (Å²) < 4.78 is 23.7. The van der Waals surface area contributed by atoms with Crippen LogP contribution in [0.4, 0.5) is 15.8 Å². The predicted octanol–water partition coefficient (Wildman–Crippen LogP) is 4.47. The van der Waals surface area contributed by atoms with Crippen molar-refractivity contribution in [2.75, 3.05) is 5.32 Å². The Kier molecular flexibility index (Phi) is 5.16. The van der Waals surface area contributed by atoms with Gasteiger partial charge in [0, 0.05) is 6.07 Å². The second-order valence-corrected chi connectivity index (χ2v) is 5.74. The molecule has 0 aliphatic rings. The molecule has 27 heavy (non-hydrogen) atoms. The Balaban J connectivity index is 1.66. The van der Waals surface area contributed by atoms with E-state index in [1.807, 2.05) is 0 Å². The molecule has 1 N–H and O–H groups in total. The van der Waals surface area contributed by atoms with Crippen LogP contribution in [0.25, 0.3) is 0 Å². The van der Waals surface area contributed by atoms with Crippen molar-refractivity contribution in [3.8, 4) is 5.75 Å². The summed E-state index contributed by atoms with van der Waals surface area (Å²) in [5.41, 5.74) is 0.587. The third kappa shape index (κ3) is 4.49. The number of amides is 1. The molecule has 7 nitrogen and oxygen atoms in total. The van der Waals surface area contributed by atoms with Crippen molar-refractivity contribution in [2.24, 2.45) is 0 Å². The molecule has 2 aromatic carbocycles. The van der Waals surface area contributed by atoms with Crippen molar-refractivity contribution in [3.63, 3.8) is 0 Å². The predicted molar refractivity (Wildman–Crippen MR) is 95.2 cm³/mol. The molecule has 138 valence electrons. The van der Waals surface area contributed by atoms with Gasteiger partial charge in [-0.15, -0.1) is 0 Å². The molecule has 1 heterocycles. The van der Waals surface area contributed by atoms with E-state index in [0.29, 0.717) is 17.1 Å². The number of anilines is 1. The first-order chi connectivity index (χ1) is 12.9. The van der Waals surface area contributed by atoms with Gasteiger partial charge in [-0.05, 0) is 55.0 Å². The Bertz CT molecular complexity index is 982. The van der Waals surface area contributed by atoms with E-state index in [-0.39, 0.29) is 29.6 Å². The fraction of sp³-hybridized carbons (Fsp3) is 0.105. The topological polar surface area (TPSA) is 94.6 Å². The number of carbonyl (C=O) groups excluding carboxylic acids is 1. The van der Waals surface area contributed by atoms with E-state index in [2.05, 4.69) is 5.32 Å². The second kappa shape index (κ2) is 7.69. The maximum atomic E-state index is 12.9. The largest absolute Gasteiger partial charge is 0.486 e. The summed E-state index contributed by atoms with van der Waals surface area (Å²) in [6.45, 7) is 1.77. The number of nitro groups is 1. The van der Waals surface area contributed by atoms with Crippen LogP contribution in [-0.2, 0) is 6.61 Å². The molecule has 0 bridgehead atoms. The van der Waals surface area contributed by atoms with Gasteiger partial charge in [-0.2, -0.15) is 0 Å². The molecule has 0 spiro atoms. The first kappa shape index (κ1) is 18.1. The summed E-state index contributed by atoms with van der Waals surface area (Å²) in [7, 11) is 0. The highest BCUT2D eigenvalue weighted by Crippen LogP contribution is 2.26. The SMILES string of the molecule is Cc1ccc(NC(=O)c2ccc(COc3ccc(F)cc3)o2)c([N+](=O)[O-])c1. The highest BCUT2D eigenvalue weighted by Gasteiger charge is 2.18. The number of ether oxygens (including phenoxy) is 1. The molecule has 0 atom stereocenters. The Morgan fingerprint density at radius 3 is 2.63 bits per heavy atom. The van der Waals surface area contributed by atoms with Crippen molar-refractivity contribution in [1.82, 2.24) is 0 Å². The number of nitro benzene ring substituents is 1. The Morgan fingerprint density at radius 1 is 1.19 bits per heavy atom. The number of benzene rings is 2. The van der Waals surface area contributed by atoms with Gasteiger partial charge < -0.3 is 14.5 Å². The fourth-order valence-corrected chi connectivity index (χ4v) is 2.35. The lowest BCUT2D eigenvalue weighted by Gasteiger charge is -2.05. The zero-order valence-corrected chi connectivity index (χ0v) is 14.3. The number of nitrogens with zero attached hydrogens (tertiary/aromatic N) is 1. The van der Waals surface area contributed by atoms with Gasteiger partial charge in [0.25, 0.3) is 11.6 Å². The molecule has 0 aliphatic carbocycles. The smallest absolute Gasteiger partial charge is 0.293 e. The number of carbonyl (C=O) groups is 1. The number of aryl methyl sites for hydroxylation is 1. The van der Waals surface area contributed by atoms with Gasteiger partial charge >= 0.3 is 0 Å². The minimum Gasteiger partial charge on any atom is -0.486 e. The average Bonchev–Trinajstić information content (AvgIpc) is 3.12. The van der Waals surface area contributed by atoms with Crippen LogP contribution in [0.15, 0.2) is 59.0 Å². The van der Waals surface area contributed by atoms with E-state index in [1.165, 1.54) is 42.5 Å². The van der Waals surface area contributed by atoms with Gasteiger partial charge in [-0.25, -0.2) is 4.39 Å². The van der Waals surface area contributed by atoms with Gasteiger partial charge in [-0.3, -0.25) is 14.9 Å². The lowest BCUT2D eigenvalue weighted by atomic mass is 10.2. The van der Waals surface area contributed by atoms with Crippen molar-refractivity contribution >= 4 is 17.3 Å². The summed E-state index contributed by atoms with van der Waals surface area (Å²) in [5.74, 6) is -0.168. The van der Waals surface area contributed by atoms with E-state index in [0.717, 1.165) is 0 Å². The van der Waals surface area contributed by atoms with Crippen molar-refractivity contribution in [1.29, 1.82) is 0 Å². The number of hydrogen-bond acceptors (Lipinski definition) is 5. The van der Waals surface area contributed by atoms with Crippen LogP contribution in [0, 0.1) is 22.9 Å². The molecule has 0 radical (unpaired) electrons. The lowest BCUT2D eigenvalue weighted by Crippen LogP contribution is -2.12. The molecule has 8 heteroatoms. The summed E-state index contributed by atoms with van der Waals surface area (Å²) in [6.07, 6.45) is 0. The van der Waals surface area contributed by atoms with Crippen LogP contribution in [0.3, 0.4) is 0 Å². The van der Waals surface area contributed by atoms with E-state index in [4.69, 9.17) is 9.15 Å². The van der Waals surface area contributed by atoms with Crippen LogP contribution >= 0.6 is 0 Å². The standard InChI is InChI=1S/C19H15FN2O5/c1-12-2-8-16(17(10-12)22(24)25)21-19(23)18-9-7-15(27-18)11-26-14-5-3-13(20)4-6-14/h2-10H,11H2,1H3,(H,21,23). The quantitative estimate of drug-likeness (QED) is 0.510. The molecule has 0 saturated heterocycles. The van der Waals surface area contributed by atoms with Crippen LogP contribution < -0.4 is 10.1 Å². The number of hydrogen-bond donors (Lipinski definition) is 1. The first-order valence-electron chi connectivity index (χ1n) is 7.96. The molecule has 0 saturated carbocycles. The van der Waals surface area contributed by atoms with E-state index in [1.54, 1.807) is 19.1 Å². The summed E-state index contributed by atoms with van der Waals surface area (Å²) in [5, 5.41) is 13.6. The number of halogens is 1. The third-order valence-electron chi connectivity index (χ3n) is 3.68. The molecule has 0 unspecified atom stereocenters. The summed E-state index contributed by atoms with van der Waals surface area (Å²) >= 11 is 0.